The van der Waals surface area contributed by atoms with Gasteiger partial charge in [-0.15, -0.1) is 0 Å². The van der Waals surface area contributed by atoms with Gasteiger partial charge in [0.05, 0.1) is 0 Å². The molecule has 0 saturated carbocycles. The first kappa shape index (κ1) is 34.8. The number of nitrogens with zero attached hydrogens (tertiary/aromatic N) is 2. The molecule has 0 spiro atoms. The van der Waals surface area contributed by atoms with Gasteiger partial charge in [-0.2, -0.15) is 0 Å². The summed E-state index contributed by atoms with van der Waals surface area (Å²) in [6.45, 7) is 0. The van der Waals surface area contributed by atoms with Crippen molar-refractivity contribution in [2.24, 2.45) is 0 Å². The zero-order valence-corrected chi connectivity index (χ0v) is 32.0. The van der Waals surface area contributed by atoms with Crippen molar-refractivity contribution in [3.8, 4) is 33.4 Å². The molecular weight excluding hydrogens is 701 g/mol. The summed E-state index contributed by atoms with van der Waals surface area (Å²) in [5, 5.41) is 4.91. The molecule has 0 aliphatic rings. The third-order valence-electron chi connectivity index (χ3n) is 11.0. The zero-order chi connectivity index (χ0) is 38.7. The SMILES string of the molecule is c1ccc(-c2ccc(N(c3ccc(N(c4ccccc4)c4cccc(-c5ccccc5)c4)cc3)c3ccc4ccc(-c5cccc6ccccc56)cc4c3)cc2)cc1. The minimum Gasteiger partial charge on any atom is -0.310 e. The van der Waals surface area contributed by atoms with E-state index in [9.17, 15) is 0 Å². The number of benzene rings is 10. The Morgan fingerprint density at radius 1 is 0.207 bits per heavy atom. The Balaban J connectivity index is 1.07. The van der Waals surface area contributed by atoms with Crippen molar-refractivity contribution >= 4 is 55.7 Å². The van der Waals surface area contributed by atoms with Crippen LogP contribution in [-0.2, 0) is 0 Å². The third kappa shape index (κ3) is 6.89. The zero-order valence-electron chi connectivity index (χ0n) is 32.0. The Labute approximate surface area is 340 Å². The van der Waals surface area contributed by atoms with Crippen LogP contribution in [0.25, 0.3) is 54.9 Å². The van der Waals surface area contributed by atoms with Gasteiger partial charge in [-0.05, 0) is 134 Å². The number of hydrogen-bond acceptors (Lipinski definition) is 2. The molecule has 0 unspecified atom stereocenters. The molecule has 0 aliphatic carbocycles. The van der Waals surface area contributed by atoms with Crippen LogP contribution in [0, 0.1) is 0 Å². The number of para-hydroxylation sites is 1. The van der Waals surface area contributed by atoms with E-state index >= 15 is 0 Å². The molecule has 0 saturated heterocycles. The van der Waals surface area contributed by atoms with Crippen molar-refractivity contribution in [1.82, 2.24) is 0 Å². The molecule has 0 aromatic heterocycles. The van der Waals surface area contributed by atoms with Crippen LogP contribution in [0.3, 0.4) is 0 Å². The van der Waals surface area contributed by atoms with Crippen molar-refractivity contribution in [3.63, 3.8) is 0 Å². The van der Waals surface area contributed by atoms with Gasteiger partial charge in [0.25, 0.3) is 0 Å². The fourth-order valence-corrected chi connectivity index (χ4v) is 8.13. The van der Waals surface area contributed by atoms with Gasteiger partial charge in [0.15, 0.2) is 0 Å². The second-order valence-corrected chi connectivity index (χ2v) is 14.6. The first-order valence-corrected chi connectivity index (χ1v) is 19.8. The molecular formula is C56H40N2. The average Bonchev–Trinajstić information content (AvgIpc) is 3.30. The summed E-state index contributed by atoms with van der Waals surface area (Å²) in [4.78, 5) is 4.70. The summed E-state index contributed by atoms with van der Waals surface area (Å²) in [6.07, 6.45) is 0. The summed E-state index contributed by atoms with van der Waals surface area (Å²) in [5.41, 5.74) is 13.8. The fourth-order valence-electron chi connectivity index (χ4n) is 8.13. The molecule has 0 amide bonds. The topological polar surface area (TPSA) is 6.48 Å². The monoisotopic (exact) mass is 740 g/mol. The van der Waals surface area contributed by atoms with E-state index in [-0.39, 0.29) is 0 Å². The van der Waals surface area contributed by atoms with Crippen LogP contribution < -0.4 is 9.80 Å². The first-order valence-electron chi connectivity index (χ1n) is 19.8. The van der Waals surface area contributed by atoms with E-state index in [1.54, 1.807) is 0 Å². The highest BCUT2D eigenvalue weighted by Gasteiger charge is 2.18. The summed E-state index contributed by atoms with van der Waals surface area (Å²) in [7, 11) is 0. The molecule has 10 aromatic carbocycles. The lowest BCUT2D eigenvalue weighted by Crippen LogP contribution is -2.12. The second-order valence-electron chi connectivity index (χ2n) is 14.6. The lowest BCUT2D eigenvalue weighted by Gasteiger charge is -2.29. The summed E-state index contributed by atoms with van der Waals surface area (Å²) in [5.74, 6) is 0. The smallest absolute Gasteiger partial charge is 0.0468 e. The second kappa shape index (κ2) is 15.5. The average molecular weight is 741 g/mol. The molecule has 0 bridgehead atoms. The first-order chi connectivity index (χ1) is 28.7. The predicted octanol–water partition coefficient (Wildman–Crippen LogP) is 15.9. The van der Waals surface area contributed by atoms with E-state index in [1.807, 2.05) is 0 Å². The minimum atomic E-state index is 1.08. The van der Waals surface area contributed by atoms with Crippen LogP contribution in [0.2, 0.25) is 0 Å². The number of fused-ring (bicyclic) bond motifs is 2. The number of hydrogen-bond donors (Lipinski definition) is 0. The fraction of sp³-hybridized carbons (Fsp3) is 0. The Morgan fingerprint density at radius 3 is 1.33 bits per heavy atom. The molecule has 274 valence electrons. The lowest BCUT2D eigenvalue weighted by molar-refractivity contribution is 1.26. The summed E-state index contributed by atoms with van der Waals surface area (Å²) >= 11 is 0. The van der Waals surface area contributed by atoms with Crippen LogP contribution in [-0.4, -0.2) is 0 Å². The highest BCUT2D eigenvalue weighted by atomic mass is 15.2. The van der Waals surface area contributed by atoms with Crippen LogP contribution in [0.15, 0.2) is 243 Å². The molecule has 0 radical (unpaired) electrons. The van der Waals surface area contributed by atoms with E-state index < -0.39 is 0 Å². The Bertz CT molecular complexity index is 2970. The van der Waals surface area contributed by atoms with E-state index in [2.05, 4.69) is 252 Å². The molecule has 10 rings (SSSR count). The number of rotatable bonds is 9. The van der Waals surface area contributed by atoms with Gasteiger partial charge in [-0.25, -0.2) is 0 Å². The highest BCUT2D eigenvalue weighted by Crippen LogP contribution is 2.41. The molecule has 0 N–H and O–H groups in total. The van der Waals surface area contributed by atoms with Crippen LogP contribution in [0.5, 0.6) is 0 Å². The van der Waals surface area contributed by atoms with E-state index in [4.69, 9.17) is 0 Å². The van der Waals surface area contributed by atoms with Gasteiger partial charge in [0.1, 0.15) is 0 Å². The number of anilines is 6. The van der Waals surface area contributed by atoms with Crippen molar-refractivity contribution in [2.45, 2.75) is 0 Å². The van der Waals surface area contributed by atoms with Gasteiger partial charge < -0.3 is 9.80 Å². The minimum absolute atomic E-state index is 1.08. The highest BCUT2D eigenvalue weighted by molar-refractivity contribution is 6.00. The van der Waals surface area contributed by atoms with E-state index in [1.165, 1.54) is 54.9 Å². The Kier molecular flexibility index (Phi) is 9.27. The lowest BCUT2D eigenvalue weighted by atomic mass is 9.96. The Hall–Kier alpha value is -7.68. The van der Waals surface area contributed by atoms with Crippen LogP contribution in [0.4, 0.5) is 34.1 Å². The largest absolute Gasteiger partial charge is 0.310 e. The van der Waals surface area contributed by atoms with Gasteiger partial charge >= 0.3 is 0 Å². The molecule has 58 heavy (non-hydrogen) atoms. The molecule has 0 heterocycles. The maximum atomic E-state index is 2.37. The van der Waals surface area contributed by atoms with Gasteiger partial charge in [0.2, 0.25) is 0 Å². The molecule has 0 fully saturated rings. The quantitative estimate of drug-likeness (QED) is 0.145. The molecule has 0 atom stereocenters. The van der Waals surface area contributed by atoms with Gasteiger partial charge in [-0.3, -0.25) is 0 Å². The maximum Gasteiger partial charge on any atom is 0.0468 e. The summed E-state index contributed by atoms with van der Waals surface area (Å²) < 4.78 is 0. The Morgan fingerprint density at radius 2 is 0.638 bits per heavy atom. The molecule has 2 heteroatoms. The van der Waals surface area contributed by atoms with Crippen LogP contribution >= 0.6 is 0 Å². The van der Waals surface area contributed by atoms with Crippen LogP contribution in [0.1, 0.15) is 0 Å². The predicted molar refractivity (Wildman–Crippen MR) is 247 cm³/mol. The van der Waals surface area contributed by atoms with Gasteiger partial charge in [-0.1, -0.05) is 164 Å². The van der Waals surface area contributed by atoms with Crippen molar-refractivity contribution in [2.75, 3.05) is 9.80 Å². The van der Waals surface area contributed by atoms with Crippen molar-refractivity contribution in [1.29, 1.82) is 0 Å². The standard InChI is InChI=1S/C56H40N2/c1-4-14-41(15-5-1)43-28-31-50(32-29-43)58(54-33-30-44-26-27-47(38-48(44)40-54)56-25-13-19-45-18-10-11-24-55(45)56)52-36-34-51(35-37-52)57(49-21-8-3-9-22-49)53-23-12-20-46(39-53)42-16-6-2-7-17-42/h1-40H. The summed E-state index contributed by atoms with van der Waals surface area (Å²) in [6, 6.07) is 87.3. The van der Waals surface area contributed by atoms with Crippen molar-refractivity contribution < 1.29 is 0 Å². The maximum absolute atomic E-state index is 2.37. The molecule has 0 aliphatic heterocycles. The van der Waals surface area contributed by atoms with Gasteiger partial charge in [0, 0.05) is 34.1 Å². The van der Waals surface area contributed by atoms with E-state index in [0.29, 0.717) is 0 Å². The molecule has 10 aromatic rings. The third-order valence-corrected chi connectivity index (χ3v) is 11.0. The van der Waals surface area contributed by atoms with Crippen molar-refractivity contribution in [3.05, 3.63) is 243 Å². The normalized spacial score (nSPS) is 11.1. The molecule has 2 nitrogen and oxygen atoms in total. The van der Waals surface area contributed by atoms with E-state index in [0.717, 1.165) is 34.1 Å².